The maximum Gasteiger partial charge on any atom is 0.417 e. The third-order valence-corrected chi connectivity index (χ3v) is 4.96. The first kappa shape index (κ1) is 24.0. The van der Waals surface area contributed by atoms with Crippen LogP contribution in [0.4, 0.5) is 32.2 Å². The molecule has 0 unspecified atom stereocenters. The van der Waals surface area contributed by atoms with E-state index in [0.717, 1.165) is 24.0 Å². The molecule has 0 bridgehead atoms. The van der Waals surface area contributed by atoms with Gasteiger partial charge in [-0.1, -0.05) is 6.07 Å². The van der Waals surface area contributed by atoms with E-state index in [1.165, 1.54) is 13.2 Å². The number of alkyl halides is 3. The van der Waals surface area contributed by atoms with Crippen LogP contribution in [0.3, 0.4) is 0 Å². The fourth-order valence-electron chi connectivity index (χ4n) is 3.27. The van der Waals surface area contributed by atoms with Crippen molar-refractivity contribution in [3.8, 4) is 17.4 Å². The molecule has 4 rings (SSSR count). The Labute approximate surface area is 194 Å². The summed E-state index contributed by atoms with van der Waals surface area (Å²) in [7, 11) is 1.34. The van der Waals surface area contributed by atoms with Crippen molar-refractivity contribution in [3.63, 3.8) is 0 Å². The van der Waals surface area contributed by atoms with Crippen LogP contribution in [0.2, 0.25) is 0 Å². The van der Waals surface area contributed by atoms with E-state index in [1.807, 2.05) is 0 Å². The molecular weight excluding hydrogens is 478 g/mol. The second-order valence-electron chi connectivity index (χ2n) is 7.25. The summed E-state index contributed by atoms with van der Waals surface area (Å²) in [6.07, 6.45) is -2.75. The molecule has 6 nitrogen and oxygen atoms in total. The normalized spacial score (nSPS) is 11.5. The van der Waals surface area contributed by atoms with Gasteiger partial charge in [0.15, 0.2) is 17.3 Å². The molecule has 0 atom stereocenters. The van der Waals surface area contributed by atoms with Gasteiger partial charge < -0.3 is 14.8 Å². The summed E-state index contributed by atoms with van der Waals surface area (Å²) < 4.78 is 90.8. The van der Waals surface area contributed by atoms with E-state index in [1.54, 1.807) is 12.1 Å². The summed E-state index contributed by atoms with van der Waals surface area (Å²) in [6, 6.07) is 6.92. The number of rotatable bonds is 7. The van der Waals surface area contributed by atoms with Crippen molar-refractivity contribution in [2.75, 3.05) is 19.0 Å². The Morgan fingerprint density at radius 2 is 1.66 bits per heavy atom. The Kier molecular flexibility index (Phi) is 6.63. The Morgan fingerprint density at radius 1 is 0.886 bits per heavy atom. The average Bonchev–Trinajstić information content (AvgIpc) is 2.83. The van der Waals surface area contributed by atoms with Gasteiger partial charge in [-0.2, -0.15) is 13.2 Å². The second kappa shape index (κ2) is 9.65. The van der Waals surface area contributed by atoms with Gasteiger partial charge in [-0.15, -0.1) is 0 Å². The molecule has 0 radical (unpaired) electrons. The molecule has 0 aliphatic heterocycles. The van der Waals surface area contributed by atoms with E-state index in [-0.39, 0.29) is 34.8 Å². The van der Waals surface area contributed by atoms with Crippen LogP contribution >= 0.6 is 0 Å². The van der Waals surface area contributed by atoms with Gasteiger partial charge in [0.05, 0.1) is 18.1 Å². The molecule has 35 heavy (non-hydrogen) atoms. The van der Waals surface area contributed by atoms with E-state index in [9.17, 15) is 26.3 Å². The van der Waals surface area contributed by atoms with Gasteiger partial charge in [-0.05, 0) is 42.3 Å². The highest BCUT2D eigenvalue weighted by Crippen LogP contribution is 2.35. The third kappa shape index (κ3) is 5.20. The Balaban J connectivity index is 1.47. The van der Waals surface area contributed by atoms with Crippen molar-refractivity contribution in [3.05, 3.63) is 77.5 Å². The van der Waals surface area contributed by atoms with Gasteiger partial charge in [0.1, 0.15) is 29.3 Å². The molecule has 0 aliphatic rings. The number of nitrogens with one attached hydrogen (secondary N) is 1. The Bertz CT molecular complexity index is 1380. The number of halogens is 6. The molecule has 0 saturated carbocycles. The minimum Gasteiger partial charge on any atom is -0.493 e. The van der Waals surface area contributed by atoms with Crippen LogP contribution in [0.1, 0.15) is 11.1 Å². The predicted octanol–water partition coefficient (Wildman–Crippen LogP) is 5.92. The highest BCUT2D eigenvalue weighted by molar-refractivity contribution is 5.89. The van der Waals surface area contributed by atoms with E-state index in [2.05, 4.69) is 20.3 Å². The number of anilines is 1. The topological polar surface area (TPSA) is 69.2 Å². The van der Waals surface area contributed by atoms with E-state index < -0.39 is 35.1 Å². The lowest BCUT2D eigenvalue weighted by atomic mass is 10.1. The minimum atomic E-state index is -4.74. The number of fused-ring (bicyclic) bond motifs is 1. The summed E-state index contributed by atoms with van der Waals surface area (Å²) in [5.41, 5.74) is -0.654. The molecule has 0 fully saturated rings. The lowest BCUT2D eigenvalue weighted by Gasteiger charge is -2.13. The molecule has 2 heterocycles. The molecule has 0 saturated heterocycles. The molecule has 4 aromatic rings. The highest BCUT2D eigenvalue weighted by atomic mass is 19.4. The van der Waals surface area contributed by atoms with Crippen molar-refractivity contribution in [2.45, 2.75) is 12.6 Å². The van der Waals surface area contributed by atoms with Crippen molar-refractivity contribution in [1.82, 2.24) is 15.0 Å². The van der Waals surface area contributed by atoms with Crippen molar-refractivity contribution >= 4 is 16.7 Å². The lowest BCUT2D eigenvalue weighted by Crippen LogP contribution is -2.08. The number of hydrogen-bond donors (Lipinski definition) is 1. The molecular formula is C23H16F6N4O2. The molecule has 2 aromatic carbocycles. The SMILES string of the molecule is COc1cc(CCNc2ncnc3c(F)ccc(F)c23)ccc1Oc1ncc(C(F)(F)F)cc1F. The van der Waals surface area contributed by atoms with Crippen LogP contribution in [0.5, 0.6) is 17.4 Å². The first-order valence-electron chi connectivity index (χ1n) is 10.1. The number of benzene rings is 2. The summed E-state index contributed by atoms with van der Waals surface area (Å²) in [4.78, 5) is 11.2. The number of hydrogen-bond acceptors (Lipinski definition) is 6. The number of pyridine rings is 1. The Hall–Kier alpha value is -4.09. The van der Waals surface area contributed by atoms with Gasteiger partial charge in [0.2, 0.25) is 0 Å². The van der Waals surface area contributed by atoms with Crippen LogP contribution in [0, 0.1) is 17.5 Å². The van der Waals surface area contributed by atoms with Crippen LogP contribution in [0.15, 0.2) is 48.9 Å². The molecule has 12 heteroatoms. The quantitative estimate of drug-likeness (QED) is 0.322. The van der Waals surface area contributed by atoms with E-state index >= 15 is 0 Å². The zero-order chi connectivity index (χ0) is 25.2. The fourth-order valence-corrected chi connectivity index (χ4v) is 3.27. The summed E-state index contributed by atoms with van der Waals surface area (Å²) in [5, 5.41) is 2.87. The molecule has 0 amide bonds. The van der Waals surface area contributed by atoms with Crippen LogP contribution in [0.25, 0.3) is 10.9 Å². The first-order valence-corrected chi connectivity index (χ1v) is 10.1. The van der Waals surface area contributed by atoms with Gasteiger partial charge in [-0.25, -0.2) is 28.1 Å². The van der Waals surface area contributed by atoms with Crippen LogP contribution in [-0.4, -0.2) is 28.6 Å². The molecule has 0 aliphatic carbocycles. The monoisotopic (exact) mass is 494 g/mol. The number of aromatic nitrogens is 3. The van der Waals surface area contributed by atoms with Gasteiger partial charge >= 0.3 is 6.18 Å². The standard InChI is InChI=1S/C23H16F6N4O2/c1-34-18-8-12(2-5-17(18)35-22-16(26)9-13(10-31-22)23(27,28)29)6-7-30-21-19-14(24)3-4-15(25)20(19)32-11-33-21/h2-5,8-11H,6-7H2,1H3,(H,30,32,33). The van der Waals surface area contributed by atoms with Crippen molar-refractivity contribution < 1.29 is 35.8 Å². The number of methoxy groups -OCH3 is 1. The summed E-state index contributed by atoms with van der Waals surface area (Å²) in [6.45, 7) is 0.278. The van der Waals surface area contributed by atoms with Gasteiger partial charge in [-0.3, -0.25) is 0 Å². The van der Waals surface area contributed by atoms with E-state index in [4.69, 9.17) is 9.47 Å². The molecule has 2 aromatic heterocycles. The maximum absolute atomic E-state index is 14.2. The van der Waals surface area contributed by atoms with Crippen LogP contribution in [-0.2, 0) is 12.6 Å². The zero-order valence-corrected chi connectivity index (χ0v) is 18.0. The zero-order valence-electron chi connectivity index (χ0n) is 18.0. The Morgan fingerprint density at radius 3 is 2.37 bits per heavy atom. The highest BCUT2D eigenvalue weighted by Gasteiger charge is 2.32. The number of nitrogens with zero attached hydrogens (tertiary/aromatic N) is 3. The van der Waals surface area contributed by atoms with Crippen molar-refractivity contribution in [1.29, 1.82) is 0 Å². The second-order valence-corrected chi connectivity index (χ2v) is 7.25. The smallest absolute Gasteiger partial charge is 0.417 e. The third-order valence-electron chi connectivity index (χ3n) is 4.96. The fraction of sp³-hybridized carbons (Fsp3) is 0.174. The number of ether oxygens (including phenoxy) is 2. The predicted molar refractivity (Wildman–Crippen MR) is 114 cm³/mol. The maximum atomic E-state index is 14.2. The lowest BCUT2D eigenvalue weighted by molar-refractivity contribution is -0.138. The van der Waals surface area contributed by atoms with Gasteiger partial charge in [0, 0.05) is 12.7 Å². The first-order chi connectivity index (χ1) is 16.7. The van der Waals surface area contributed by atoms with Gasteiger partial charge in [0.25, 0.3) is 5.88 Å². The minimum absolute atomic E-state index is 0.0368. The van der Waals surface area contributed by atoms with Crippen molar-refractivity contribution in [2.24, 2.45) is 0 Å². The molecule has 182 valence electrons. The largest absolute Gasteiger partial charge is 0.493 e. The summed E-state index contributed by atoms with van der Waals surface area (Å²) >= 11 is 0. The molecule has 0 spiro atoms. The van der Waals surface area contributed by atoms with Crippen LogP contribution < -0.4 is 14.8 Å². The average molecular weight is 494 g/mol. The summed E-state index contributed by atoms with van der Waals surface area (Å²) in [5.74, 6) is -2.92. The van der Waals surface area contributed by atoms with E-state index in [0.29, 0.717) is 18.7 Å². The molecule has 1 N–H and O–H groups in total.